The van der Waals surface area contributed by atoms with Gasteiger partial charge < -0.3 is 30.9 Å². The van der Waals surface area contributed by atoms with Gasteiger partial charge in [0.15, 0.2) is 5.75 Å². The van der Waals surface area contributed by atoms with E-state index in [4.69, 9.17) is 31.5 Å². The Labute approximate surface area is 351 Å². The molecule has 4 rings (SSSR count). The number of hydrogen-bond donors (Lipinski definition) is 1. The molecule has 4 heterocycles. The van der Waals surface area contributed by atoms with E-state index in [-0.39, 0.29) is 134 Å². The van der Waals surface area contributed by atoms with Gasteiger partial charge in [0.05, 0.1) is 26.6 Å². The van der Waals surface area contributed by atoms with Crippen LogP contribution in [0.3, 0.4) is 0 Å². The molecule has 1 N–H and O–H groups in total. The van der Waals surface area contributed by atoms with Crippen LogP contribution in [0.5, 0.6) is 11.5 Å². The maximum Gasteiger partial charge on any atom is 1.00 e. The minimum absolute atomic E-state index is 0. The zero-order valence-corrected chi connectivity index (χ0v) is 32.2. The maximum atomic E-state index is 11.5. The number of halogens is 2. The molecule has 44 heavy (non-hydrogen) atoms. The molecule has 0 saturated heterocycles. The number of hydrogen-bond acceptors (Lipinski definition) is 13. The van der Waals surface area contributed by atoms with Crippen molar-refractivity contribution < 1.29 is 148 Å². The molecule has 0 radical (unpaired) electrons. The van der Waals surface area contributed by atoms with Crippen molar-refractivity contribution in [1.29, 1.82) is 0 Å². The van der Waals surface area contributed by atoms with Gasteiger partial charge in [-0.05, 0) is 29.8 Å². The van der Waals surface area contributed by atoms with Gasteiger partial charge in [0.25, 0.3) is 6.47 Å². The molecule has 0 saturated carbocycles. The first-order valence-corrected chi connectivity index (χ1v) is 11.9. The largest absolute Gasteiger partial charge is 1.00 e. The zero-order chi connectivity index (χ0) is 30.3. The van der Waals surface area contributed by atoms with Gasteiger partial charge in [-0.15, -0.1) is 24.0 Å². The fourth-order valence-electron chi connectivity index (χ4n) is 2.56. The van der Waals surface area contributed by atoms with Crippen molar-refractivity contribution in [2.45, 2.75) is 12.5 Å². The monoisotopic (exact) mass is 700 g/mol. The summed E-state index contributed by atoms with van der Waals surface area (Å²) in [5, 5.41) is 17.5. The molecule has 0 aliphatic rings. The number of carbonyl (C=O) groups is 3. The van der Waals surface area contributed by atoms with Crippen LogP contribution in [0.25, 0.3) is 0 Å². The van der Waals surface area contributed by atoms with E-state index in [0.29, 0.717) is 23.8 Å². The number of esters is 2. The normalized spacial score (nSPS) is 8.45. The van der Waals surface area contributed by atoms with E-state index in [9.17, 15) is 9.59 Å². The minimum atomic E-state index is -0.565. The average Bonchev–Trinajstić information content (AvgIpc) is 3.05. The molecule has 0 fully saturated rings. The molecule has 4 aromatic rings. The quantitative estimate of drug-likeness (QED) is 0.0522. The first kappa shape index (κ1) is 46.8. The topological polar surface area (TPSA) is 183 Å². The van der Waals surface area contributed by atoms with Crippen molar-refractivity contribution in [3.8, 4) is 11.5 Å². The molecule has 17 heteroatoms. The summed E-state index contributed by atoms with van der Waals surface area (Å²) >= 11 is 5.49. The van der Waals surface area contributed by atoms with E-state index in [1.165, 1.54) is 45.1 Å². The van der Waals surface area contributed by atoms with Gasteiger partial charge in [-0.1, -0.05) is 12.1 Å². The van der Waals surface area contributed by atoms with Gasteiger partial charge >= 0.3 is 115 Å². The molecule has 4 aromatic heterocycles. The smallest absolute Gasteiger partial charge is 1.00 e. The predicted octanol–water partition coefficient (Wildman–Crippen LogP) is -2.79. The Bertz CT molecular complexity index is 1340. The van der Waals surface area contributed by atoms with Crippen LogP contribution in [0.1, 0.15) is 33.3 Å². The number of alkyl halides is 1. The van der Waals surface area contributed by atoms with Crippen LogP contribution in [0, 0.1) is 0 Å². The van der Waals surface area contributed by atoms with E-state index < -0.39 is 11.9 Å². The third-order valence-electron chi connectivity index (χ3n) is 4.43. The molecule has 0 atom stereocenters. The van der Waals surface area contributed by atoms with Crippen molar-refractivity contribution in [3.63, 3.8) is 0 Å². The van der Waals surface area contributed by atoms with E-state index in [0.717, 1.165) is 11.1 Å². The summed E-state index contributed by atoms with van der Waals surface area (Å²) in [5.74, 6) is -0.232. The van der Waals surface area contributed by atoms with Crippen molar-refractivity contribution >= 4 is 42.4 Å². The number of pyridine rings is 4. The maximum absolute atomic E-state index is 11.5. The Morgan fingerprint density at radius 2 is 1.32 bits per heavy atom. The number of carbonyl (C=O) groups excluding carboxylic acids is 3. The fraction of sp³-hybridized carbons (Fsp3) is 0.148. The molecule has 0 aromatic carbocycles. The van der Waals surface area contributed by atoms with E-state index >= 15 is 0 Å². The summed E-state index contributed by atoms with van der Waals surface area (Å²) < 4.78 is 14.6. The Balaban J connectivity index is -0.000000270. The van der Waals surface area contributed by atoms with E-state index in [1.807, 2.05) is 24.3 Å². The first-order chi connectivity index (χ1) is 19.9. The van der Waals surface area contributed by atoms with Gasteiger partial charge in [0.1, 0.15) is 23.5 Å². The summed E-state index contributed by atoms with van der Waals surface area (Å²) in [4.78, 5) is 49.0. The zero-order valence-electron chi connectivity index (χ0n) is 25.4. The van der Waals surface area contributed by atoms with Crippen molar-refractivity contribution in [2.24, 2.45) is 0 Å². The Kier molecular flexibility index (Phi) is 32.0. The third-order valence-corrected chi connectivity index (χ3v) is 4.74. The summed E-state index contributed by atoms with van der Waals surface area (Å²) in [6.07, 6.45) is 12.5. The van der Waals surface area contributed by atoms with Crippen LogP contribution in [0.2, 0.25) is 0 Å². The van der Waals surface area contributed by atoms with Crippen LogP contribution >= 0.6 is 24.0 Å². The molecule has 0 spiro atoms. The van der Waals surface area contributed by atoms with E-state index in [2.05, 4.69) is 34.3 Å². The molecule has 13 nitrogen and oxygen atoms in total. The van der Waals surface area contributed by atoms with Gasteiger partial charge in [-0.25, -0.2) is 9.59 Å². The molecule has 0 amide bonds. The summed E-state index contributed by atoms with van der Waals surface area (Å²) in [5.41, 5.74) is 2.46. The van der Waals surface area contributed by atoms with Crippen LogP contribution in [-0.4, -0.2) is 57.7 Å². The van der Waals surface area contributed by atoms with Crippen molar-refractivity contribution in [3.05, 3.63) is 108 Å². The third kappa shape index (κ3) is 19.7. The SMILES string of the molecule is COC(=O)c1ccncc1O.COC(=O)c1ccncc1OCc1cccnc1.Cl.ClCc1cccnc1.O=CO[O-].[H-].[K+].[K+]. The van der Waals surface area contributed by atoms with Crippen LogP contribution < -0.4 is 113 Å². The number of methoxy groups -OCH3 is 2. The molecular weight excluding hydrogens is 673 g/mol. The number of aromatic hydroxyl groups is 1. The number of ether oxygens (including phenoxy) is 3. The van der Waals surface area contributed by atoms with Crippen molar-refractivity contribution in [2.75, 3.05) is 14.2 Å². The van der Waals surface area contributed by atoms with Crippen LogP contribution in [0.4, 0.5) is 0 Å². The molecular formula is C27H28Cl2K2N4O9. The van der Waals surface area contributed by atoms with Gasteiger partial charge in [-0.2, -0.15) is 0 Å². The number of rotatable bonds is 7. The number of aromatic nitrogens is 4. The standard InChI is InChI=1S/C13H12N2O3.C7H7NO3.C6H6ClN.CH2O3.ClH.2K.H/c1-17-13(16)11-4-6-15-8-12(11)18-9-10-3-2-5-14-7-10;1-11-7(10)5-2-3-8-4-6(5)9;7-4-6-2-1-3-8-5-6;2-1-4-3;;;;/h2-8H,9H2,1H3;2-4,9H,1H3;1-3,5H,4H2;1,3H;1H;;;/q;;;;;2*+1;-1/p-1. The van der Waals surface area contributed by atoms with Crippen molar-refractivity contribution in [1.82, 2.24) is 19.9 Å². The number of nitrogens with zero attached hydrogens (tertiary/aromatic N) is 4. The van der Waals surface area contributed by atoms with Crippen LogP contribution in [-0.2, 0) is 31.6 Å². The van der Waals surface area contributed by atoms with Gasteiger partial charge in [0, 0.05) is 48.6 Å². The van der Waals surface area contributed by atoms with E-state index in [1.54, 1.807) is 30.9 Å². The first-order valence-electron chi connectivity index (χ1n) is 11.3. The second-order valence-corrected chi connectivity index (χ2v) is 7.35. The second-order valence-electron chi connectivity index (χ2n) is 7.09. The Hall–Kier alpha value is -1.58. The van der Waals surface area contributed by atoms with Gasteiger partial charge in [-0.3, -0.25) is 24.7 Å². The second kappa shape index (κ2) is 30.1. The summed E-state index contributed by atoms with van der Waals surface area (Å²) in [6.45, 7) is 0.142. The summed E-state index contributed by atoms with van der Waals surface area (Å²) in [7, 11) is 2.58. The Morgan fingerprint density at radius 1 is 0.841 bits per heavy atom. The molecule has 0 unspecified atom stereocenters. The minimum Gasteiger partial charge on any atom is -1.00 e. The fourth-order valence-corrected chi connectivity index (χ4v) is 2.72. The predicted molar refractivity (Wildman–Crippen MR) is 151 cm³/mol. The molecule has 0 aliphatic carbocycles. The van der Waals surface area contributed by atoms with Gasteiger partial charge in [0.2, 0.25) is 0 Å². The molecule has 0 bridgehead atoms. The summed E-state index contributed by atoms with van der Waals surface area (Å²) in [6, 6.07) is 10.5. The molecule has 0 aliphatic heterocycles. The Morgan fingerprint density at radius 3 is 1.75 bits per heavy atom. The molecule has 226 valence electrons. The van der Waals surface area contributed by atoms with Crippen LogP contribution in [0.15, 0.2) is 86.0 Å². The average molecular weight is 702 g/mol.